The molecule has 0 spiro atoms. The van der Waals surface area contributed by atoms with Gasteiger partial charge in [-0.05, 0) is 24.3 Å². The molecule has 0 saturated heterocycles. The first kappa shape index (κ1) is 12.3. The number of pyridine rings is 1. The standard InChI is InChI=1S/C14H10FN3O2/c1-20-14(19)9-6-7-12-16-17-13(18(12)8-9)10-4-2-3-5-11(10)15/h2-8H,1H3. The van der Waals surface area contributed by atoms with Gasteiger partial charge in [0.25, 0.3) is 0 Å². The van der Waals surface area contributed by atoms with Crippen molar-refractivity contribution in [1.29, 1.82) is 0 Å². The van der Waals surface area contributed by atoms with Gasteiger partial charge in [0.1, 0.15) is 5.82 Å². The van der Waals surface area contributed by atoms with Gasteiger partial charge in [-0.15, -0.1) is 10.2 Å². The second kappa shape index (κ2) is 4.73. The maximum atomic E-state index is 13.8. The van der Waals surface area contributed by atoms with E-state index in [0.717, 1.165) is 0 Å². The molecule has 0 unspecified atom stereocenters. The van der Waals surface area contributed by atoms with Crippen LogP contribution in [0, 0.1) is 5.82 Å². The minimum Gasteiger partial charge on any atom is -0.465 e. The molecule has 0 aliphatic rings. The average Bonchev–Trinajstić information content (AvgIpc) is 2.90. The lowest BCUT2D eigenvalue weighted by molar-refractivity contribution is 0.0600. The van der Waals surface area contributed by atoms with Gasteiger partial charge < -0.3 is 4.74 Å². The first-order valence-electron chi connectivity index (χ1n) is 5.88. The zero-order valence-corrected chi connectivity index (χ0v) is 10.6. The summed E-state index contributed by atoms with van der Waals surface area (Å²) in [5.74, 6) is -0.533. The van der Waals surface area contributed by atoms with Crippen molar-refractivity contribution in [2.75, 3.05) is 7.11 Å². The van der Waals surface area contributed by atoms with Crippen LogP contribution in [0.2, 0.25) is 0 Å². The van der Waals surface area contributed by atoms with Crippen LogP contribution in [-0.4, -0.2) is 27.7 Å². The van der Waals surface area contributed by atoms with Crippen LogP contribution in [0.5, 0.6) is 0 Å². The Morgan fingerprint density at radius 2 is 2.00 bits per heavy atom. The summed E-state index contributed by atoms with van der Waals surface area (Å²) in [5.41, 5.74) is 1.19. The lowest BCUT2D eigenvalue weighted by atomic mass is 10.2. The molecule has 0 atom stereocenters. The number of aromatic nitrogens is 3. The Bertz CT molecular complexity index is 798. The van der Waals surface area contributed by atoms with Gasteiger partial charge in [-0.2, -0.15) is 0 Å². The molecule has 5 nitrogen and oxygen atoms in total. The van der Waals surface area contributed by atoms with Gasteiger partial charge in [-0.1, -0.05) is 12.1 Å². The molecule has 6 heteroatoms. The molecule has 0 N–H and O–H groups in total. The lowest BCUT2D eigenvalue weighted by Crippen LogP contribution is -2.03. The highest BCUT2D eigenvalue weighted by Crippen LogP contribution is 2.21. The van der Waals surface area contributed by atoms with E-state index in [4.69, 9.17) is 0 Å². The van der Waals surface area contributed by atoms with Crippen molar-refractivity contribution in [2.45, 2.75) is 0 Å². The fourth-order valence-electron chi connectivity index (χ4n) is 1.96. The van der Waals surface area contributed by atoms with Crippen molar-refractivity contribution in [3.05, 3.63) is 54.0 Å². The monoisotopic (exact) mass is 271 g/mol. The number of hydrogen-bond donors (Lipinski definition) is 0. The molecule has 0 saturated carbocycles. The van der Waals surface area contributed by atoms with Crippen LogP contribution >= 0.6 is 0 Å². The fourth-order valence-corrected chi connectivity index (χ4v) is 1.96. The van der Waals surface area contributed by atoms with Crippen LogP contribution < -0.4 is 0 Å². The number of rotatable bonds is 2. The molecule has 2 aromatic heterocycles. The Morgan fingerprint density at radius 1 is 1.20 bits per heavy atom. The number of benzene rings is 1. The van der Waals surface area contributed by atoms with E-state index in [0.29, 0.717) is 22.6 Å². The van der Waals surface area contributed by atoms with Gasteiger partial charge in [0.2, 0.25) is 0 Å². The van der Waals surface area contributed by atoms with Crippen LogP contribution in [0.15, 0.2) is 42.6 Å². The van der Waals surface area contributed by atoms with Crippen LogP contribution in [0.4, 0.5) is 4.39 Å². The highest BCUT2D eigenvalue weighted by atomic mass is 19.1. The predicted octanol–water partition coefficient (Wildman–Crippen LogP) is 2.32. The van der Waals surface area contributed by atoms with Gasteiger partial charge >= 0.3 is 5.97 Å². The summed E-state index contributed by atoms with van der Waals surface area (Å²) in [4.78, 5) is 11.5. The smallest absolute Gasteiger partial charge is 0.339 e. The molecule has 0 amide bonds. The number of esters is 1. The largest absolute Gasteiger partial charge is 0.465 e. The Balaban J connectivity index is 2.22. The minimum absolute atomic E-state index is 0.321. The van der Waals surface area contributed by atoms with E-state index in [1.165, 1.54) is 19.4 Å². The van der Waals surface area contributed by atoms with E-state index in [1.807, 2.05) is 0 Å². The third-order valence-electron chi connectivity index (χ3n) is 2.94. The molecule has 0 aliphatic carbocycles. The Labute approximate surface area is 113 Å². The number of carbonyl (C=O) groups is 1. The van der Waals surface area contributed by atoms with Gasteiger partial charge in [0.05, 0.1) is 18.2 Å². The van der Waals surface area contributed by atoms with E-state index in [1.54, 1.807) is 34.7 Å². The number of halogens is 1. The summed E-state index contributed by atoms with van der Waals surface area (Å²) in [5, 5.41) is 7.93. The number of methoxy groups -OCH3 is 1. The first-order chi connectivity index (χ1) is 9.70. The summed E-state index contributed by atoms with van der Waals surface area (Å²) in [6.07, 6.45) is 1.53. The van der Waals surface area contributed by atoms with Crippen LogP contribution in [0.1, 0.15) is 10.4 Å². The topological polar surface area (TPSA) is 56.5 Å². The maximum absolute atomic E-state index is 13.8. The van der Waals surface area contributed by atoms with Gasteiger partial charge in [0, 0.05) is 6.20 Å². The highest BCUT2D eigenvalue weighted by Gasteiger charge is 2.14. The fraction of sp³-hybridized carbons (Fsp3) is 0.0714. The molecule has 100 valence electrons. The lowest BCUT2D eigenvalue weighted by Gasteiger charge is -2.03. The summed E-state index contributed by atoms with van der Waals surface area (Å²) in [6.45, 7) is 0. The SMILES string of the molecule is COC(=O)c1ccc2nnc(-c3ccccc3F)n2c1. The zero-order valence-electron chi connectivity index (χ0n) is 10.6. The summed E-state index contributed by atoms with van der Waals surface area (Å²) in [6, 6.07) is 9.48. The summed E-state index contributed by atoms with van der Waals surface area (Å²) < 4.78 is 20.1. The van der Waals surface area contributed by atoms with E-state index in [9.17, 15) is 9.18 Å². The van der Waals surface area contributed by atoms with Gasteiger partial charge in [-0.3, -0.25) is 4.40 Å². The van der Waals surface area contributed by atoms with Crippen LogP contribution in [0.3, 0.4) is 0 Å². The molecule has 0 aliphatic heterocycles. The first-order valence-corrected chi connectivity index (χ1v) is 5.88. The Kier molecular flexibility index (Phi) is 2.90. The minimum atomic E-state index is -0.472. The average molecular weight is 271 g/mol. The second-order valence-electron chi connectivity index (χ2n) is 4.14. The molecule has 0 fully saturated rings. The quantitative estimate of drug-likeness (QED) is 0.671. The van der Waals surface area contributed by atoms with Crippen molar-refractivity contribution in [1.82, 2.24) is 14.6 Å². The predicted molar refractivity (Wildman–Crippen MR) is 69.7 cm³/mol. The third-order valence-corrected chi connectivity index (χ3v) is 2.94. The van der Waals surface area contributed by atoms with Crippen molar-refractivity contribution >= 4 is 11.6 Å². The highest BCUT2D eigenvalue weighted by molar-refractivity contribution is 5.89. The Hall–Kier alpha value is -2.76. The van der Waals surface area contributed by atoms with Crippen molar-refractivity contribution in [3.8, 4) is 11.4 Å². The zero-order chi connectivity index (χ0) is 14.1. The molecule has 3 rings (SSSR count). The van der Waals surface area contributed by atoms with Crippen molar-refractivity contribution in [3.63, 3.8) is 0 Å². The maximum Gasteiger partial charge on any atom is 0.339 e. The molecule has 0 bridgehead atoms. The molecule has 2 heterocycles. The van der Waals surface area contributed by atoms with E-state index < -0.39 is 11.8 Å². The van der Waals surface area contributed by atoms with Gasteiger partial charge in [-0.25, -0.2) is 9.18 Å². The molecule has 0 radical (unpaired) electrons. The van der Waals surface area contributed by atoms with Crippen molar-refractivity contribution in [2.24, 2.45) is 0 Å². The van der Waals surface area contributed by atoms with Crippen LogP contribution in [0.25, 0.3) is 17.0 Å². The molecule has 20 heavy (non-hydrogen) atoms. The van der Waals surface area contributed by atoms with E-state index in [-0.39, 0.29) is 0 Å². The Morgan fingerprint density at radius 3 is 2.75 bits per heavy atom. The number of ether oxygens (including phenoxy) is 1. The molecule has 3 aromatic rings. The van der Waals surface area contributed by atoms with Gasteiger partial charge in [0.15, 0.2) is 11.5 Å². The number of nitrogens with zero attached hydrogens (tertiary/aromatic N) is 3. The summed E-state index contributed by atoms with van der Waals surface area (Å²) in [7, 11) is 1.30. The van der Waals surface area contributed by atoms with Crippen LogP contribution in [-0.2, 0) is 4.74 Å². The second-order valence-corrected chi connectivity index (χ2v) is 4.14. The van der Waals surface area contributed by atoms with E-state index in [2.05, 4.69) is 14.9 Å². The normalized spacial score (nSPS) is 10.7. The molecular formula is C14H10FN3O2. The number of fused-ring (bicyclic) bond motifs is 1. The molecule has 1 aromatic carbocycles. The third kappa shape index (κ3) is 1.91. The number of hydrogen-bond acceptors (Lipinski definition) is 4. The number of carbonyl (C=O) groups excluding carboxylic acids is 1. The summed E-state index contributed by atoms with van der Waals surface area (Å²) >= 11 is 0. The van der Waals surface area contributed by atoms with Crippen molar-refractivity contribution < 1.29 is 13.9 Å². The van der Waals surface area contributed by atoms with E-state index >= 15 is 0 Å². The molecular weight excluding hydrogens is 261 g/mol.